The zero-order valence-corrected chi connectivity index (χ0v) is 11.8. The molecule has 0 aliphatic heterocycles. The van der Waals surface area contributed by atoms with Crippen LogP contribution < -0.4 is 16.4 Å². The fourth-order valence-corrected chi connectivity index (χ4v) is 1.33. The number of nitrogens with two attached hydrogens (primary N) is 1. The van der Waals surface area contributed by atoms with E-state index < -0.39 is 11.4 Å². The van der Waals surface area contributed by atoms with Crippen molar-refractivity contribution in [3.63, 3.8) is 0 Å². The van der Waals surface area contributed by atoms with Crippen LogP contribution in [0.5, 0.6) is 0 Å². The molecule has 106 valence electrons. The van der Waals surface area contributed by atoms with Gasteiger partial charge in [0.1, 0.15) is 23.8 Å². The summed E-state index contributed by atoms with van der Waals surface area (Å²) in [6, 6.07) is 1.71. The molecule has 0 saturated carbocycles. The van der Waals surface area contributed by atoms with E-state index in [-0.39, 0.29) is 0 Å². The number of primary amides is 1. The summed E-state index contributed by atoms with van der Waals surface area (Å²) in [5.41, 5.74) is 4.44. The highest BCUT2D eigenvalue weighted by atomic mass is 16.5. The average Bonchev–Trinajstić information content (AvgIpc) is 2.35. The number of nitrogens with zero attached hydrogens (tertiary/aromatic N) is 2. The number of nitrogens with one attached hydrogen (secondary N) is 2. The number of hydrogen-bond acceptors (Lipinski definition) is 6. The van der Waals surface area contributed by atoms with Gasteiger partial charge in [-0.15, -0.1) is 0 Å². The average molecular weight is 267 g/mol. The van der Waals surface area contributed by atoms with E-state index in [1.807, 2.05) is 6.92 Å². The quantitative estimate of drug-likeness (QED) is 0.673. The van der Waals surface area contributed by atoms with Gasteiger partial charge in [0.05, 0.1) is 0 Å². The highest BCUT2D eigenvalue weighted by molar-refractivity contribution is 5.86. The van der Waals surface area contributed by atoms with Gasteiger partial charge in [-0.1, -0.05) is 0 Å². The molecular weight excluding hydrogens is 246 g/mol. The first-order valence-electron chi connectivity index (χ1n) is 6.10. The van der Waals surface area contributed by atoms with Crippen molar-refractivity contribution in [2.24, 2.45) is 5.73 Å². The first-order valence-corrected chi connectivity index (χ1v) is 6.10. The summed E-state index contributed by atoms with van der Waals surface area (Å²) in [5, 5.41) is 5.92. The van der Waals surface area contributed by atoms with Gasteiger partial charge in [0.25, 0.3) is 0 Å². The summed E-state index contributed by atoms with van der Waals surface area (Å²) in [5.74, 6) is 1.25. The molecule has 7 nitrogen and oxygen atoms in total. The summed E-state index contributed by atoms with van der Waals surface area (Å²) >= 11 is 0. The largest absolute Gasteiger partial charge is 0.374 e. The molecule has 7 heteroatoms. The standard InChI is InChI=1S/C12H21N5O2/c1-5-19-7-10-15-8(14-4)6-9(16-10)17-12(2,3)11(13)18/h6H,5,7H2,1-4H3,(H2,13,18)(H2,14,15,16,17). The molecule has 0 fully saturated rings. The summed E-state index contributed by atoms with van der Waals surface area (Å²) in [6.45, 7) is 6.19. The van der Waals surface area contributed by atoms with Crippen molar-refractivity contribution in [1.29, 1.82) is 0 Å². The monoisotopic (exact) mass is 267 g/mol. The van der Waals surface area contributed by atoms with E-state index in [0.717, 1.165) is 0 Å². The Labute approximate surface area is 113 Å². The molecule has 0 radical (unpaired) electrons. The number of carbonyl (C=O) groups is 1. The normalized spacial score (nSPS) is 11.2. The van der Waals surface area contributed by atoms with Crippen LogP contribution in [0.1, 0.15) is 26.6 Å². The van der Waals surface area contributed by atoms with Crippen molar-refractivity contribution >= 4 is 17.5 Å². The van der Waals surface area contributed by atoms with Crippen LogP contribution in [0.3, 0.4) is 0 Å². The molecule has 0 aliphatic rings. The lowest BCUT2D eigenvalue weighted by Crippen LogP contribution is -2.45. The lowest BCUT2D eigenvalue weighted by atomic mass is 10.1. The van der Waals surface area contributed by atoms with Crippen molar-refractivity contribution in [3.05, 3.63) is 11.9 Å². The van der Waals surface area contributed by atoms with E-state index in [2.05, 4.69) is 20.6 Å². The van der Waals surface area contributed by atoms with E-state index in [4.69, 9.17) is 10.5 Å². The Morgan fingerprint density at radius 3 is 2.58 bits per heavy atom. The van der Waals surface area contributed by atoms with Crippen LogP contribution in [0.15, 0.2) is 6.07 Å². The highest BCUT2D eigenvalue weighted by Crippen LogP contribution is 2.16. The number of anilines is 2. The topological polar surface area (TPSA) is 102 Å². The first-order chi connectivity index (χ1) is 8.89. The van der Waals surface area contributed by atoms with E-state index in [9.17, 15) is 4.79 Å². The Balaban J connectivity index is 2.96. The molecule has 1 heterocycles. The smallest absolute Gasteiger partial charge is 0.242 e. The Hall–Kier alpha value is -1.89. The summed E-state index contributed by atoms with van der Waals surface area (Å²) < 4.78 is 5.28. The maximum absolute atomic E-state index is 11.3. The second-order valence-electron chi connectivity index (χ2n) is 4.56. The maximum Gasteiger partial charge on any atom is 0.242 e. The molecule has 0 bridgehead atoms. The maximum atomic E-state index is 11.3. The van der Waals surface area contributed by atoms with Gasteiger partial charge in [-0.3, -0.25) is 4.79 Å². The van der Waals surface area contributed by atoms with Crippen LogP contribution in [0.2, 0.25) is 0 Å². The lowest BCUT2D eigenvalue weighted by molar-refractivity contribution is -0.121. The molecule has 1 aromatic rings. The first kappa shape index (κ1) is 15.2. The Kier molecular flexibility index (Phi) is 5.05. The highest BCUT2D eigenvalue weighted by Gasteiger charge is 2.25. The molecule has 19 heavy (non-hydrogen) atoms. The van der Waals surface area contributed by atoms with E-state index in [1.54, 1.807) is 27.0 Å². The van der Waals surface area contributed by atoms with Crippen molar-refractivity contribution in [1.82, 2.24) is 9.97 Å². The summed E-state index contributed by atoms with van der Waals surface area (Å²) in [7, 11) is 1.76. The Bertz CT molecular complexity index is 448. The zero-order chi connectivity index (χ0) is 14.5. The third-order valence-electron chi connectivity index (χ3n) is 2.52. The van der Waals surface area contributed by atoms with E-state index in [0.29, 0.717) is 30.7 Å². The van der Waals surface area contributed by atoms with Gasteiger partial charge in [-0.05, 0) is 20.8 Å². The fourth-order valence-electron chi connectivity index (χ4n) is 1.33. The number of amides is 1. The van der Waals surface area contributed by atoms with Crippen LogP contribution >= 0.6 is 0 Å². The van der Waals surface area contributed by atoms with Gasteiger partial charge < -0.3 is 21.1 Å². The number of carbonyl (C=O) groups excluding carboxylic acids is 1. The van der Waals surface area contributed by atoms with Crippen molar-refractivity contribution < 1.29 is 9.53 Å². The van der Waals surface area contributed by atoms with Crippen molar-refractivity contribution in [3.8, 4) is 0 Å². The molecule has 0 aromatic carbocycles. The molecule has 4 N–H and O–H groups in total. The summed E-state index contributed by atoms with van der Waals surface area (Å²) in [6.07, 6.45) is 0. The molecular formula is C12H21N5O2. The SMILES string of the molecule is CCOCc1nc(NC)cc(NC(C)(C)C(N)=O)n1. The second-order valence-corrected chi connectivity index (χ2v) is 4.56. The van der Waals surface area contributed by atoms with Crippen LogP contribution in [0.4, 0.5) is 11.6 Å². The van der Waals surface area contributed by atoms with Gasteiger partial charge in [0.15, 0.2) is 5.82 Å². The predicted octanol–water partition coefficient (Wildman–Crippen LogP) is 0.731. The van der Waals surface area contributed by atoms with Gasteiger partial charge in [0.2, 0.25) is 5.91 Å². The van der Waals surface area contributed by atoms with E-state index >= 15 is 0 Å². The van der Waals surface area contributed by atoms with Gasteiger partial charge in [0, 0.05) is 19.7 Å². The van der Waals surface area contributed by atoms with Crippen molar-refractivity contribution in [2.45, 2.75) is 32.9 Å². The van der Waals surface area contributed by atoms with Gasteiger partial charge in [-0.25, -0.2) is 9.97 Å². The Morgan fingerprint density at radius 2 is 2.05 bits per heavy atom. The van der Waals surface area contributed by atoms with Crippen molar-refractivity contribution in [2.75, 3.05) is 24.3 Å². The third kappa shape index (κ3) is 4.36. The lowest BCUT2D eigenvalue weighted by Gasteiger charge is -2.23. The molecule has 1 aromatic heterocycles. The predicted molar refractivity (Wildman–Crippen MR) is 73.8 cm³/mol. The van der Waals surface area contributed by atoms with E-state index in [1.165, 1.54) is 0 Å². The second kappa shape index (κ2) is 6.33. The number of ether oxygens (including phenoxy) is 1. The fraction of sp³-hybridized carbons (Fsp3) is 0.583. The van der Waals surface area contributed by atoms with Crippen LogP contribution in [-0.4, -0.2) is 35.1 Å². The Morgan fingerprint density at radius 1 is 1.42 bits per heavy atom. The molecule has 1 rings (SSSR count). The minimum absolute atomic E-state index is 0.317. The number of aromatic nitrogens is 2. The molecule has 0 saturated heterocycles. The minimum atomic E-state index is -0.887. The van der Waals surface area contributed by atoms with Crippen LogP contribution in [0, 0.1) is 0 Å². The molecule has 0 unspecified atom stereocenters. The van der Waals surface area contributed by atoms with Gasteiger partial charge in [-0.2, -0.15) is 0 Å². The number of rotatable bonds is 7. The molecule has 1 amide bonds. The summed E-state index contributed by atoms with van der Waals surface area (Å²) in [4.78, 5) is 19.9. The molecule has 0 spiro atoms. The molecule has 0 aliphatic carbocycles. The molecule has 0 atom stereocenters. The van der Waals surface area contributed by atoms with Gasteiger partial charge >= 0.3 is 0 Å². The van der Waals surface area contributed by atoms with Crippen LogP contribution in [0.25, 0.3) is 0 Å². The zero-order valence-electron chi connectivity index (χ0n) is 11.8. The number of hydrogen-bond donors (Lipinski definition) is 3. The minimum Gasteiger partial charge on any atom is -0.374 e. The van der Waals surface area contributed by atoms with Crippen LogP contribution in [-0.2, 0) is 16.1 Å². The third-order valence-corrected chi connectivity index (χ3v) is 2.52.